The van der Waals surface area contributed by atoms with Crippen LogP contribution in [0.4, 0.5) is 0 Å². The summed E-state index contributed by atoms with van der Waals surface area (Å²) in [4.78, 5) is 44.9. The molecule has 0 saturated heterocycles. The zero-order valence-corrected chi connectivity index (χ0v) is 13.5. The molecule has 0 saturated carbocycles. The van der Waals surface area contributed by atoms with Gasteiger partial charge < -0.3 is 24.6 Å². The number of rotatable bonds is 8. The van der Waals surface area contributed by atoms with E-state index < -0.39 is 35.3 Å². The fourth-order valence-electron chi connectivity index (χ4n) is 1.27. The Labute approximate surface area is 133 Å². The van der Waals surface area contributed by atoms with Crippen LogP contribution in [0.15, 0.2) is 12.2 Å². The van der Waals surface area contributed by atoms with E-state index in [1.807, 2.05) is 0 Å². The molecule has 0 heterocycles. The fourth-order valence-corrected chi connectivity index (χ4v) is 1.27. The van der Waals surface area contributed by atoms with E-state index in [1.165, 1.54) is 13.8 Å². The second-order valence-electron chi connectivity index (χ2n) is 5.15. The maximum atomic E-state index is 11.7. The van der Waals surface area contributed by atoms with Crippen LogP contribution in [0, 0.1) is 5.41 Å². The van der Waals surface area contributed by atoms with Crippen LogP contribution >= 0.6 is 0 Å². The van der Waals surface area contributed by atoms with Crippen LogP contribution in [0.5, 0.6) is 0 Å². The first kappa shape index (κ1) is 20.6. The zero-order chi connectivity index (χ0) is 18.0. The van der Waals surface area contributed by atoms with Crippen molar-refractivity contribution in [2.24, 2.45) is 5.41 Å². The topological polar surface area (TPSA) is 128 Å². The van der Waals surface area contributed by atoms with E-state index in [9.17, 15) is 24.3 Å². The molecule has 0 aromatic rings. The summed E-state index contributed by atoms with van der Waals surface area (Å²) in [7, 11) is 2.32. The minimum absolute atomic E-state index is 0.288. The molecule has 0 spiro atoms. The van der Waals surface area contributed by atoms with Gasteiger partial charge in [-0.05, 0) is 0 Å². The van der Waals surface area contributed by atoms with Crippen molar-refractivity contribution >= 4 is 23.8 Å². The van der Waals surface area contributed by atoms with Crippen LogP contribution < -0.4 is 5.32 Å². The summed E-state index contributed by atoms with van der Waals surface area (Å²) < 4.78 is 13.5. The predicted molar refractivity (Wildman–Crippen MR) is 76.9 cm³/mol. The van der Waals surface area contributed by atoms with Crippen LogP contribution in [-0.4, -0.2) is 62.4 Å². The molecule has 9 heteroatoms. The Morgan fingerprint density at radius 3 is 2.17 bits per heavy atom. The lowest BCUT2D eigenvalue weighted by Crippen LogP contribution is -2.47. The second kappa shape index (κ2) is 9.57. The minimum Gasteiger partial charge on any atom is -0.468 e. The van der Waals surface area contributed by atoms with E-state index in [-0.39, 0.29) is 13.2 Å². The third-order valence-corrected chi connectivity index (χ3v) is 2.77. The highest BCUT2D eigenvalue weighted by atomic mass is 16.5. The van der Waals surface area contributed by atoms with Gasteiger partial charge in [-0.1, -0.05) is 13.8 Å². The van der Waals surface area contributed by atoms with Gasteiger partial charge in [-0.15, -0.1) is 0 Å². The number of carbonyl (C=O) groups is 4. The summed E-state index contributed by atoms with van der Waals surface area (Å²) in [5.41, 5.74) is -1.12. The lowest BCUT2D eigenvalue weighted by molar-refractivity contribution is -0.150. The molecular weight excluding hydrogens is 310 g/mol. The molecule has 0 radical (unpaired) electrons. The van der Waals surface area contributed by atoms with Crippen molar-refractivity contribution < 1.29 is 38.5 Å². The Hall–Kier alpha value is -2.42. The van der Waals surface area contributed by atoms with Crippen LogP contribution in [0.2, 0.25) is 0 Å². The summed E-state index contributed by atoms with van der Waals surface area (Å²) in [6, 6.07) is 0. The SMILES string of the molecule is COC(=O)/C=C/C(=O)OCC(C)(C)[C@@H](O)C(=O)NCC(=O)OC. The van der Waals surface area contributed by atoms with Gasteiger partial charge in [-0.3, -0.25) is 9.59 Å². The molecule has 1 amide bonds. The summed E-state index contributed by atoms with van der Waals surface area (Å²) in [6.07, 6.45) is 0.227. The lowest BCUT2D eigenvalue weighted by Gasteiger charge is -2.28. The molecule has 130 valence electrons. The quantitative estimate of drug-likeness (QED) is 0.327. The Kier molecular flexibility index (Phi) is 8.56. The summed E-state index contributed by atoms with van der Waals surface area (Å²) in [5, 5.41) is 12.1. The van der Waals surface area contributed by atoms with Crippen LogP contribution in [0.25, 0.3) is 0 Å². The molecule has 0 aliphatic rings. The van der Waals surface area contributed by atoms with Crippen LogP contribution in [0.1, 0.15) is 13.8 Å². The van der Waals surface area contributed by atoms with Gasteiger partial charge >= 0.3 is 17.9 Å². The number of amides is 1. The molecule has 0 rings (SSSR count). The lowest BCUT2D eigenvalue weighted by atomic mass is 9.87. The number of hydrogen-bond acceptors (Lipinski definition) is 8. The van der Waals surface area contributed by atoms with Gasteiger partial charge in [0.2, 0.25) is 5.91 Å². The maximum absolute atomic E-state index is 11.7. The minimum atomic E-state index is -1.52. The molecule has 0 aromatic heterocycles. The van der Waals surface area contributed by atoms with Crippen molar-refractivity contribution in [3.63, 3.8) is 0 Å². The van der Waals surface area contributed by atoms with Gasteiger partial charge in [-0.25, -0.2) is 9.59 Å². The molecule has 23 heavy (non-hydrogen) atoms. The number of carbonyl (C=O) groups excluding carboxylic acids is 4. The zero-order valence-electron chi connectivity index (χ0n) is 13.5. The van der Waals surface area contributed by atoms with Crippen molar-refractivity contribution in [3.05, 3.63) is 12.2 Å². The van der Waals surface area contributed by atoms with Crippen molar-refractivity contribution in [2.45, 2.75) is 20.0 Å². The molecule has 0 fully saturated rings. The molecule has 2 N–H and O–H groups in total. The number of hydrogen-bond donors (Lipinski definition) is 2. The van der Waals surface area contributed by atoms with E-state index in [1.54, 1.807) is 0 Å². The third kappa shape index (κ3) is 7.96. The fraction of sp³-hybridized carbons (Fsp3) is 0.571. The Bertz CT molecular complexity index is 483. The van der Waals surface area contributed by atoms with Gasteiger partial charge in [0.05, 0.1) is 20.8 Å². The highest BCUT2D eigenvalue weighted by molar-refractivity contribution is 5.91. The average Bonchev–Trinajstić information content (AvgIpc) is 2.54. The third-order valence-electron chi connectivity index (χ3n) is 2.77. The Balaban J connectivity index is 4.47. The summed E-state index contributed by atoms with van der Waals surface area (Å²) in [5.74, 6) is -3.02. The van der Waals surface area contributed by atoms with Crippen LogP contribution in [0.3, 0.4) is 0 Å². The first-order valence-corrected chi connectivity index (χ1v) is 6.59. The van der Waals surface area contributed by atoms with Crippen molar-refractivity contribution in [1.29, 1.82) is 0 Å². The van der Waals surface area contributed by atoms with Gasteiger partial charge in [0, 0.05) is 17.6 Å². The molecule has 0 unspecified atom stereocenters. The first-order chi connectivity index (χ1) is 10.6. The highest BCUT2D eigenvalue weighted by Crippen LogP contribution is 2.21. The van der Waals surface area contributed by atoms with E-state index in [2.05, 4.69) is 14.8 Å². The standard InChI is InChI=1S/C14H21NO8/c1-14(2,8-23-10(17)6-5-9(16)21-3)12(19)13(20)15-7-11(18)22-4/h5-6,12,19H,7-8H2,1-4H3,(H,15,20)/b6-5+/t12-/m0/s1. The van der Waals surface area contributed by atoms with Gasteiger partial charge in [0.1, 0.15) is 12.6 Å². The second-order valence-corrected chi connectivity index (χ2v) is 5.15. The monoisotopic (exact) mass is 331 g/mol. The van der Waals surface area contributed by atoms with Gasteiger partial charge in [0.15, 0.2) is 0 Å². The summed E-state index contributed by atoms with van der Waals surface area (Å²) in [6.45, 7) is 2.31. The maximum Gasteiger partial charge on any atom is 0.331 e. The molecule has 0 aromatic carbocycles. The molecule has 1 atom stereocenters. The van der Waals surface area contributed by atoms with Crippen molar-refractivity contribution in [1.82, 2.24) is 5.32 Å². The normalized spacial score (nSPS) is 12.4. The number of ether oxygens (including phenoxy) is 3. The van der Waals surface area contributed by atoms with Crippen molar-refractivity contribution in [3.8, 4) is 0 Å². The number of aliphatic hydroxyl groups excluding tert-OH is 1. The highest BCUT2D eigenvalue weighted by Gasteiger charge is 2.35. The molecular formula is C14H21NO8. The number of aliphatic hydroxyl groups is 1. The van der Waals surface area contributed by atoms with Gasteiger partial charge in [-0.2, -0.15) is 0 Å². The number of nitrogens with one attached hydrogen (secondary N) is 1. The predicted octanol–water partition coefficient (Wildman–Crippen LogP) is -1.06. The first-order valence-electron chi connectivity index (χ1n) is 6.59. The number of methoxy groups -OCH3 is 2. The Morgan fingerprint density at radius 1 is 1.09 bits per heavy atom. The number of esters is 3. The van der Waals surface area contributed by atoms with E-state index >= 15 is 0 Å². The van der Waals surface area contributed by atoms with Gasteiger partial charge in [0.25, 0.3) is 0 Å². The molecule has 0 aliphatic carbocycles. The van der Waals surface area contributed by atoms with E-state index in [4.69, 9.17) is 4.74 Å². The van der Waals surface area contributed by atoms with E-state index in [0.29, 0.717) is 0 Å². The Morgan fingerprint density at radius 2 is 1.65 bits per heavy atom. The van der Waals surface area contributed by atoms with Crippen LogP contribution in [-0.2, 0) is 33.4 Å². The molecule has 0 bridgehead atoms. The molecule has 9 nitrogen and oxygen atoms in total. The molecule has 0 aliphatic heterocycles. The van der Waals surface area contributed by atoms with E-state index in [0.717, 1.165) is 26.4 Å². The van der Waals surface area contributed by atoms with Crippen molar-refractivity contribution in [2.75, 3.05) is 27.4 Å². The summed E-state index contributed by atoms with van der Waals surface area (Å²) >= 11 is 0. The largest absolute Gasteiger partial charge is 0.468 e. The smallest absolute Gasteiger partial charge is 0.331 e. The average molecular weight is 331 g/mol.